The van der Waals surface area contributed by atoms with Crippen LogP contribution in [0.4, 0.5) is 4.39 Å². The van der Waals surface area contributed by atoms with Crippen LogP contribution in [0.5, 0.6) is 5.75 Å². The van der Waals surface area contributed by atoms with E-state index in [1.807, 2.05) is 18.2 Å². The van der Waals surface area contributed by atoms with Gasteiger partial charge in [0.25, 0.3) is 0 Å². The van der Waals surface area contributed by atoms with E-state index in [2.05, 4.69) is 32.2 Å². The van der Waals surface area contributed by atoms with Gasteiger partial charge in [0.05, 0.1) is 18.8 Å². The number of aliphatic hydroxyl groups is 1. The molecule has 0 aliphatic heterocycles. The first-order valence-electron chi connectivity index (χ1n) is 14.2. The van der Waals surface area contributed by atoms with Crippen molar-refractivity contribution in [2.45, 2.75) is 46.0 Å². The number of hydrogen-bond donors (Lipinski definition) is 1. The highest BCUT2D eigenvalue weighted by atomic mass is 19.1. The van der Waals surface area contributed by atoms with Gasteiger partial charge in [-0.2, -0.15) is 0 Å². The Balaban J connectivity index is 1.77. The van der Waals surface area contributed by atoms with Gasteiger partial charge in [0.2, 0.25) is 0 Å². The zero-order valence-electron chi connectivity index (χ0n) is 24.4. The summed E-state index contributed by atoms with van der Waals surface area (Å²) < 4.78 is 31.5. The Morgan fingerprint density at radius 2 is 1.50 bits per heavy atom. The number of rotatable bonds is 16. The van der Waals surface area contributed by atoms with Crippen LogP contribution in [-0.4, -0.2) is 43.5 Å². The summed E-state index contributed by atoms with van der Waals surface area (Å²) in [4.78, 5) is 23.6. The van der Waals surface area contributed by atoms with Gasteiger partial charge in [-0.1, -0.05) is 75.4 Å². The quantitative estimate of drug-likeness (QED) is 0.112. The SMILES string of the molecule is C=C(C)C(=O)OCCc1cc(-c2ccc(-c3ccc(CCCCC)cc3)cc2F)ccc1OCCOC(=O)C(=C)CO. The van der Waals surface area contributed by atoms with E-state index in [1.165, 1.54) is 24.5 Å². The summed E-state index contributed by atoms with van der Waals surface area (Å²) in [6.07, 6.45) is 4.91. The van der Waals surface area contributed by atoms with Crippen molar-refractivity contribution in [3.63, 3.8) is 0 Å². The number of benzene rings is 3. The first-order valence-corrected chi connectivity index (χ1v) is 14.2. The van der Waals surface area contributed by atoms with Gasteiger partial charge < -0.3 is 19.3 Å². The maximum atomic E-state index is 15.4. The second-order valence-electron chi connectivity index (χ2n) is 10.1. The number of ether oxygens (including phenoxy) is 3. The first kappa shape index (κ1) is 32.3. The Kier molecular flexibility index (Phi) is 12.5. The van der Waals surface area contributed by atoms with Gasteiger partial charge in [0.15, 0.2) is 0 Å². The largest absolute Gasteiger partial charge is 0.490 e. The summed E-state index contributed by atoms with van der Waals surface area (Å²) in [5.74, 6) is -1.08. The predicted octanol–water partition coefficient (Wildman–Crippen LogP) is 7.02. The minimum atomic E-state index is -0.704. The topological polar surface area (TPSA) is 82.1 Å². The lowest BCUT2D eigenvalue weighted by atomic mass is 9.96. The molecule has 0 saturated heterocycles. The van der Waals surface area contributed by atoms with Crippen molar-refractivity contribution in [1.82, 2.24) is 0 Å². The maximum absolute atomic E-state index is 15.4. The van der Waals surface area contributed by atoms with Crippen molar-refractivity contribution in [2.24, 2.45) is 0 Å². The first-order chi connectivity index (χ1) is 20.2. The molecule has 42 heavy (non-hydrogen) atoms. The average molecular weight is 575 g/mol. The third-order valence-electron chi connectivity index (χ3n) is 6.70. The van der Waals surface area contributed by atoms with Crippen LogP contribution >= 0.6 is 0 Å². The van der Waals surface area contributed by atoms with Crippen LogP contribution in [0, 0.1) is 5.82 Å². The van der Waals surface area contributed by atoms with E-state index < -0.39 is 18.5 Å². The average Bonchev–Trinajstić information content (AvgIpc) is 2.99. The second kappa shape index (κ2) is 16.3. The molecule has 3 aromatic rings. The van der Waals surface area contributed by atoms with Crippen molar-refractivity contribution < 1.29 is 33.3 Å². The van der Waals surface area contributed by atoms with Gasteiger partial charge in [-0.3, -0.25) is 0 Å². The molecular weight excluding hydrogens is 535 g/mol. The standard InChI is InChI=1S/C35H39FO6/c1-5-6-7-8-26-9-11-27(12-10-26)28-13-15-31(32(36)22-28)29-14-16-33(40-19-20-42-35(39)25(4)23-37)30(21-29)17-18-41-34(38)24(2)3/h9-16,21-22,37H,2,4-8,17-20,23H2,1,3H3. The number of aryl methyl sites for hydroxylation is 1. The molecule has 0 heterocycles. The van der Waals surface area contributed by atoms with E-state index in [9.17, 15) is 9.59 Å². The van der Waals surface area contributed by atoms with Gasteiger partial charge >= 0.3 is 11.9 Å². The molecule has 0 aromatic heterocycles. The van der Waals surface area contributed by atoms with Crippen LogP contribution < -0.4 is 4.74 Å². The number of aliphatic hydroxyl groups excluding tert-OH is 1. The minimum absolute atomic E-state index is 0.0444. The normalized spacial score (nSPS) is 10.7. The van der Waals surface area contributed by atoms with E-state index in [0.29, 0.717) is 34.4 Å². The summed E-state index contributed by atoms with van der Waals surface area (Å²) in [6.45, 7) is 10.3. The van der Waals surface area contributed by atoms with E-state index in [1.54, 1.807) is 31.2 Å². The molecule has 0 aliphatic carbocycles. The Bertz CT molecular complexity index is 1390. The van der Waals surface area contributed by atoms with E-state index >= 15 is 4.39 Å². The van der Waals surface area contributed by atoms with Crippen molar-refractivity contribution >= 4 is 11.9 Å². The van der Waals surface area contributed by atoms with Crippen LogP contribution in [0.1, 0.15) is 44.2 Å². The van der Waals surface area contributed by atoms with Crippen LogP contribution in [0.3, 0.4) is 0 Å². The number of carbonyl (C=O) groups excluding carboxylic acids is 2. The van der Waals surface area contributed by atoms with Gasteiger partial charge in [0.1, 0.15) is 24.8 Å². The van der Waals surface area contributed by atoms with Crippen LogP contribution in [0.2, 0.25) is 0 Å². The van der Waals surface area contributed by atoms with Crippen molar-refractivity contribution in [3.05, 3.63) is 102 Å². The molecule has 0 unspecified atom stereocenters. The number of halogens is 1. The summed E-state index contributed by atoms with van der Waals surface area (Å²) in [6, 6.07) is 18.7. The highest BCUT2D eigenvalue weighted by Gasteiger charge is 2.14. The molecule has 0 amide bonds. The Morgan fingerprint density at radius 3 is 2.17 bits per heavy atom. The van der Waals surface area contributed by atoms with Crippen molar-refractivity contribution in [1.29, 1.82) is 0 Å². The zero-order valence-corrected chi connectivity index (χ0v) is 24.4. The second-order valence-corrected chi connectivity index (χ2v) is 10.1. The third kappa shape index (κ3) is 9.42. The molecule has 0 radical (unpaired) electrons. The molecule has 0 atom stereocenters. The van der Waals surface area contributed by atoms with Gasteiger partial charge in [-0.05, 0) is 65.8 Å². The van der Waals surface area contributed by atoms with Crippen molar-refractivity contribution in [2.75, 3.05) is 26.4 Å². The molecule has 7 heteroatoms. The Labute approximate surface area is 247 Å². The zero-order chi connectivity index (χ0) is 30.5. The number of hydrogen-bond acceptors (Lipinski definition) is 6. The molecule has 3 aromatic carbocycles. The molecule has 0 spiro atoms. The van der Waals surface area contributed by atoms with Gasteiger partial charge in [-0.25, -0.2) is 14.0 Å². The Hall–Kier alpha value is -4.23. The lowest BCUT2D eigenvalue weighted by Crippen LogP contribution is -2.15. The smallest absolute Gasteiger partial charge is 0.335 e. The number of carbonyl (C=O) groups is 2. The maximum Gasteiger partial charge on any atom is 0.335 e. The summed E-state index contributed by atoms with van der Waals surface area (Å²) in [5.41, 5.74) is 5.03. The highest BCUT2D eigenvalue weighted by molar-refractivity contribution is 5.88. The molecule has 0 bridgehead atoms. The van der Waals surface area contributed by atoms with Crippen LogP contribution in [0.25, 0.3) is 22.3 Å². The number of esters is 2. The molecular formula is C35H39FO6. The van der Waals surface area contributed by atoms with Crippen LogP contribution in [0.15, 0.2) is 85.0 Å². The molecule has 3 rings (SSSR count). The minimum Gasteiger partial charge on any atom is -0.490 e. The molecule has 0 aliphatic rings. The molecule has 0 saturated carbocycles. The molecule has 6 nitrogen and oxygen atoms in total. The summed E-state index contributed by atoms with van der Waals surface area (Å²) >= 11 is 0. The predicted molar refractivity (Wildman–Crippen MR) is 163 cm³/mol. The lowest BCUT2D eigenvalue weighted by molar-refractivity contribution is -0.140. The Morgan fingerprint density at radius 1 is 0.810 bits per heavy atom. The van der Waals surface area contributed by atoms with Gasteiger partial charge in [-0.15, -0.1) is 0 Å². The molecule has 0 fully saturated rings. The summed E-state index contributed by atoms with van der Waals surface area (Å²) in [7, 11) is 0. The summed E-state index contributed by atoms with van der Waals surface area (Å²) in [5, 5.41) is 8.99. The molecule has 222 valence electrons. The third-order valence-corrected chi connectivity index (χ3v) is 6.70. The fourth-order valence-corrected chi connectivity index (χ4v) is 4.28. The van der Waals surface area contributed by atoms with Crippen molar-refractivity contribution in [3.8, 4) is 28.0 Å². The fourth-order valence-electron chi connectivity index (χ4n) is 4.28. The van der Waals surface area contributed by atoms with Crippen LogP contribution in [-0.2, 0) is 31.9 Å². The highest BCUT2D eigenvalue weighted by Crippen LogP contribution is 2.32. The lowest BCUT2D eigenvalue weighted by Gasteiger charge is -2.15. The fraction of sp³-hybridized carbons (Fsp3) is 0.314. The monoisotopic (exact) mass is 574 g/mol. The molecule has 1 N–H and O–H groups in total. The van der Waals surface area contributed by atoms with E-state index in [0.717, 1.165) is 24.0 Å². The van der Waals surface area contributed by atoms with E-state index in [-0.39, 0.29) is 31.2 Å². The van der Waals surface area contributed by atoms with Gasteiger partial charge in [0, 0.05) is 17.6 Å². The number of unbranched alkanes of at least 4 members (excludes halogenated alkanes) is 2. The van der Waals surface area contributed by atoms with E-state index in [4.69, 9.17) is 19.3 Å².